The van der Waals surface area contributed by atoms with Gasteiger partial charge in [0.1, 0.15) is 0 Å². The summed E-state index contributed by atoms with van der Waals surface area (Å²) >= 11 is 7.05. The second-order valence-electron chi connectivity index (χ2n) is 4.32. The summed E-state index contributed by atoms with van der Waals surface area (Å²) in [6, 6.07) is 6.00. The number of hydrogen-bond donors (Lipinski definition) is 2. The lowest BCUT2D eigenvalue weighted by Crippen LogP contribution is -2.32. The number of benzene rings is 1. The van der Waals surface area contributed by atoms with Crippen molar-refractivity contribution in [1.29, 1.82) is 0 Å². The number of aliphatic hydroxyl groups is 1. The van der Waals surface area contributed by atoms with Gasteiger partial charge in [-0.1, -0.05) is 19.9 Å². The van der Waals surface area contributed by atoms with Gasteiger partial charge in [0.05, 0.1) is 12.3 Å². The third-order valence-electron chi connectivity index (χ3n) is 3.44. The van der Waals surface area contributed by atoms with Crippen molar-refractivity contribution in [2.45, 2.75) is 26.7 Å². The van der Waals surface area contributed by atoms with E-state index in [1.54, 1.807) is 0 Å². The van der Waals surface area contributed by atoms with Gasteiger partial charge in [-0.3, -0.25) is 0 Å². The molecule has 0 atom stereocenters. The third kappa shape index (κ3) is 3.70. The van der Waals surface area contributed by atoms with Gasteiger partial charge in [-0.25, -0.2) is 0 Å². The summed E-state index contributed by atoms with van der Waals surface area (Å²) in [7, 11) is 0. The monoisotopic (exact) mass is 363 g/mol. The van der Waals surface area contributed by atoms with Gasteiger partial charge in [0.2, 0.25) is 0 Å². The van der Waals surface area contributed by atoms with Gasteiger partial charge in [-0.15, -0.1) is 0 Å². The van der Waals surface area contributed by atoms with Crippen LogP contribution in [0.15, 0.2) is 27.1 Å². The average Bonchev–Trinajstić information content (AvgIpc) is 2.34. The lowest BCUT2D eigenvalue weighted by molar-refractivity contribution is 0.127. The Kier molecular flexibility index (Phi) is 5.97. The van der Waals surface area contributed by atoms with Crippen LogP contribution in [0, 0.1) is 5.41 Å². The number of nitrogens with one attached hydrogen (secondary N) is 1. The van der Waals surface area contributed by atoms with Crippen LogP contribution in [0.2, 0.25) is 0 Å². The molecule has 0 unspecified atom stereocenters. The zero-order valence-corrected chi connectivity index (χ0v) is 13.4. The second-order valence-corrected chi connectivity index (χ2v) is 6.02. The highest BCUT2D eigenvalue weighted by Gasteiger charge is 2.25. The van der Waals surface area contributed by atoms with E-state index in [1.807, 2.05) is 18.2 Å². The van der Waals surface area contributed by atoms with Gasteiger partial charge in [0, 0.05) is 20.9 Å². The van der Waals surface area contributed by atoms with Crippen LogP contribution in [-0.2, 0) is 0 Å². The molecule has 1 aromatic rings. The summed E-state index contributed by atoms with van der Waals surface area (Å²) in [4.78, 5) is 0. The lowest BCUT2D eigenvalue weighted by atomic mass is 9.83. The van der Waals surface area contributed by atoms with Crippen LogP contribution in [-0.4, -0.2) is 18.3 Å². The molecule has 1 rings (SSSR count). The Labute approximate surface area is 120 Å². The molecule has 0 radical (unpaired) electrons. The van der Waals surface area contributed by atoms with Crippen molar-refractivity contribution < 1.29 is 5.11 Å². The number of hydrogen-bond acceptors (Lipinski definition) is 2. The maximum atomic E-state index is 9.53. The fourth-order valence-corrected chi connectivity index (χ4v) is 3.00. The molecule has 0 aromatic heterocycles. The van der Waals surface area contributed by atoms with E-state index in [2.05, 4.69) is 51.0 Å². The zero-order valence-electron chi connectivity index (χ0n) is 10.3. The van der Waals surface area contributed by atoms with Crippen molar-refractivity contribution in [1.82, 2.24) is 0 Å². The molecule has 0 saturated carbocycles. The fourth-order valence-electron chi connectivity index (χ4n) is 1.72. The topological polar surface area (TPSA) is 32.3 Å². The first-order chi connectivity index (χ1) is 8.08. The first kappa shape index (κ1) is 15.0. The second kappa shape index (κ2) is 6.76. The molecule has 0 fully saturated rings. The molecule has 2 N–H and O–H groups in total. The molecule has 0 aliphatic heterocycles. The van der Waals surface area contributed by atoms with Gasteiger partial charge < -0.3 is 10.4 Å². The Morgan fingerprint density at radius 2 is 1.71 bits per heavy atom. The molecule has 0 heterocycles. The smallest absolute Gasteiger partial charge is 0.0629 e. The summed E-state index contributed by atoms with van der Waals surface area (Å²) in [5.41, 5.74) is 1.02. The molecule has 2 nitrogen and oxygen atoms in total. The van der Waals surface area contributed by atoms with Crippen molar-refractivity contribution in [2.24, 2.45) is 5.41 Å². The maximum absolute atomic E-state index is 9.53. The van der Waals surface area contributed by atoms with E-state index in [4.69, 9.17) is 0 Å². The van der Waals surface area contributed by atoms with Crippen LogP contribution in [0.1, 0.15) is 26.7 Å². The van der Waals surface area contributed by atoms with Crippen LogP contribution in [0.5, 0.6) is 0 Å². The molecule has 0 aliphatic rings. The van der Waals surface area contributed by atoms with E-state index in [-0.39, 0.29) is 12.0 Å². The Hall–Kier alpha value is -0.0600. The Bertz CT molecular complexity index is 336. The van der Waals surface area contributed by atoms with E-state index < -0.39 is 0 Å². The zero-order chi connectivity index (χ0) is 12.9. The summed E-state index contributed by atoms with van der Waals surface area (Å²) in [6.45, 7) is 5.24. The molecule has 0 saturated heterocycles. The molecule has 0 aliphatic carbocycles. The Morgan fingerprint density at radius 1 is 1.18 bits per heavy atom. The van der Waals surface area contributed by atoms with Gasteiger partial charge in [-0.2, -0.15) is 0 Å². The van der Waals surface area contributed by atoms with Gasteiger partial charge in [0.15, 0.2) is 0 Å². The number of anilines is 1. The number of aliphatic hydroxyl groups excluding tert-OH is 1. The first-order valence-corrected chi connectivity index (χ1v) is 7.46. The fraction of sp³-hybridized carbons (Fsp3) is 0.538. The average molecular weight is 365 g/mol. The van der Waals surface area contributed by atoms with Crippen molar-refractivity contribution in [3.8, 4) is 0 Å². The van der Waals surface area contributed by atoms with E-state index in [9.17, 15) is 5.11 Å². The van der Waals surface area contributed by atoms with E-state index in [0.29, 0.717) is 0 Å². The molecule has 0 amide bonds. The number of rotatable bonds is 6. The molecule has 0 bridgehead atoms. The van der Waals surface area contributed by atoms with Gasteiger partial charge >= 0.3 is 0 Å². The van der Waals surface area contributed by atoms with E-state index >= 15 is 0 Å². The molecule has 17 heavy (non-hydrogen) atoms. The minimum atomic E-state index is -0.0330. The van der Waals surface area contributed by atoms with Crippen LogP contribution in [0.25, 0.3) is 0 Å². The van der Waals surface area contributed by atoms with Crippen LogP contribution < -0.4 is 5.32 Å². The SMILES string of the molecule is CCC(CC)(CO)CNc1c(Br)cccc1Br. The van der Waals surface area contributed by atoms with Crippen LogP contribution in [0.4, 0.5) is 5.69 Å². The van der Waals surface area contributed by atoms with Gasteiger partial charge in [-0.05, 0) is 56.8 Å². The predicted molar refractivity (Wildman–Crippen MR) is 80.4 cm³/mol. The summed E-state index contributed by atoms with van der Waals surface area (Å²) in [6.07, 6.45) is 1.93. The van der Waals surface area contributed by atoms with Gasteiger partial charge in [0.25, 0.3) is 0 Å². The molecular weight excluding hydrogens is 346 g/mol. The highest BCUT2D eigenvalue weighted by atomic mass is 79.9. The lowest BCUT2D eigenvalue weighted by Gasteiger charge is -2.30. The van der Waals surface area contributed by atoms with E-state index in [1.165, 1.54) is 0 Å². The summed E-state index contributed by atoms with van der Waals surface area (Å²) in [5, 5.41) is 13.0. The normalized spacial score (nSPS) is 11.6. The largest absolute Gasteiger partial charge is 0.396 e. The standard InChI is InChI=1S/C13H19Br2NO/c1-3-13(4-2,9-17)8-16-12-10(14)6-5-7-11(12)15/h5-7,16-17H,3-4,8-9H2,1-2H3. The summed E-state index contributed by atoms with van der Waals surface area (Å²) in [5.74, 6) is 0. The number of para-hydroxylation sites is 1. The molecule has 1 aromatic carbocycles. The third-order valence-corrected chi connectivity index (χ3v) is 4.76. The quantitative estimate of drug-likeness (QED) is 0.782. The van der Waals surface area contributed by atoms with Crippen LogP contribution >= 0.6 is 31.9 Å². The van der Waals surface area contributed by atoms with E-state index in [0.717, 1.165) is 34.0 Å². The highest BCUT2D eigenvalue weighted by Crippen LogP contribution is 2.33. The predicted octanol–water partition coefficient (Wildman–Crippen LogP) is 4.42. The molecule has 96 valence electrons. The molecule has 4 heteroatoms. The maximum Gasteiger partial charge on any atom is 0.0629 e. The Balaban J connectivity index is 2.79. The van der Waals surface area contributed by atoms with Crippen molar-refractivity contribution in [2.75, 3.05) is 18.5 Å². The van der Waals surface area contributed by atoms with Crippen molar-refractivity contribution in [3.63, 3.8) is 0 Å². The molecular formula is C13H19Br2NO. The first-order valence-electron chi connectivity index (χ1n) is 5.87. The number of halogens is 2. The Morgan fingerprint density at radius 3 is 2.12 bits per heavy atom. The van der Waals surface area contributed by atoms with Crippen LogP contribution in [0.3, 0.4) is 0 Å². The summed E-state index contributed by atoms with van der Waals surface area (Å²) < 4.78 is 2.07. The molecule has 0 spiro atoms. The highest BCUT2D eigenvalue weighted by molar-refractivity contribution is 9.11. The minimum Gasteiger partial charge on any atom is -0.396 e. The van der Waals surface area contributed by atoms with Crippen molar-refractivity contribution >= 4 is 37.5 Å². The van der Waals surface area contributed by atoms with Crippen molar-refractivity contribution in [3.05, 3.63) is 27.1 Å². The minimum absolute atomic E-state index is 0.0330.